The van der Waals surface area contributed by atoms with E-state index in [4.69, 9.17) is 0 Å². The van der Waals surface area contributed by atoms with Crippen LogP contribution in [0.3, 0.4) is 0 Å². The Labute approximate surface area is 92.4 Å². The quantitative estimate of drug-likeness (QED) is 0.737. The van der Waals surface area contributed by atoms with Crippen LogP contribution < -0.4 is 0 Å². The second kappa shape index (κ2) is 4.75. The summed E-state index contributed by atoms with van der Waals surface area (Å²) in [6.45, 7) is 0. The zero-order valence-corrected chi connectivity index (χ0v) is 8.78. The van der Waals surface area contributed by atoms with Gasteiger partial charge in [0.15, 0.2) is 6.29 Å². The maximum absolute atomic E-state index is 10.8. The first-order chi connectivity index (χ1) is 7.40. The molecule has 0 aliphatic heterocycles. The number of aldehydes is 1. The molecule has 2 nitrogen and oxygen atoms in total. The average molecular weight is 215 g/mol. The van der Waals surface area contributed by atoms with Gasteiger partial charge in [0.1, 0.15) is 5.03 Å². The molecule has 1 aromatic heterocycles. The number of rotatable bonds is 3. The largest absolute Gasteiger partial charge is 0.298 e. The van der Waals surface area contributed by atoms with Crippen LogP contribution in [-0.4, -0.2) is 11.3 Å². The Kier molecular flexibility index (Phi) is 3.15. The van der Waals surface area contributed by atoms with E-state index < -0.39 is 0 Å². The third-order valence-corrected chi connectivity index (χ3v) is 2.93. The van der Waals surface area contributed by atoms with Crippen LogP contribution in [0.4, 0.5) is 0 Å². The lowest BCUT2D eigenvalue weighted by molar-refractivity contribution is 0.112. The van der Waals surface area contributed by atoms with Gasteiger partial charge in [0.25, 0.3) is 0 Å². The minimum Gasteiger partial charge on any atom is -0.298 e. The minimum atomic E-state index is 0.631. The highest BCUT2D eigenvalue weighted by molar-refractivity contribution is 7.99. The number of pyridine rings is 1. The highest BCUT2D eigenvalue weighted by Gasteiger charge is 2.03. The summed E-state index contributed by atoms with van der Waals surface area (Å²) in [5.41, 5.74) is 0.631. The molecule has 0 bridgehead atoms. The van der Waals surface area contributed by atoms with Gasteiger partial charge in [0, 0.05) is 16.7 Å². The van der Waals surface area contributed by atoms with Crippen LogP contribution in [0, 0.1) is 0 Å². The van der Waals surface area contributed by atoms with E-state index in [1.165, 1.54) is 11.8 Å². The van der Waals surface area contributed by atoms with E-state index in [0.717, 1.165) is 16.2 Å². The number of carbonyl (C=O) groups excluding carboxylic acids is 1. The number of nitrogens with zero attached hydrogens (tertiary/aromatic N) is 1. The fraction of sp³-hybridized carbons (Fsp3) is 0. The SMILES string of the molecule is O=Cc1cccnc1Sc1ccccc1. The van der Waals surface area contributed by atoms with Gasteiger partial charge in [0.2, 0.25) is 0 Å². The van der Waals surface area contributed by atoms with Crippen molar-refractivity contribution in [2.24, 2.45) is 0 Å². The van der Waals surface area contributed by atoms with Crippen LogP contribution in [0.25, 0.3) is 0 Å². The molecule has 0 saturated heterocycles. The third-order valence-electron chi connectivity index (χ3n) is 1.89. The Bertz CT molecular complexity index is 456. The van der Waals surface area contributed by atoms with Crippen molar-refractivity contribution in [2.75, 3.05) is 0 Å². The second-order valence-corrected chi connectivity index (χ2v) is 3.99. The molecule has 0 radical (unpaired) electrons. The van der Waals surface area contributed by atoms with Crippen LogP contribution in [0.2, 0.25) is 0 Å². The minimum absolute atomic E-state index is 0.631. The summed E-state index contributed by atoms with van der Waals surface area (Å²) >= 11 is 1.50. The summed E-state index contributed by atoms with van der Waals surface area (Å²) in [6.07, 6.45) is 2.52. The highest BCUT2D eigenvalue weighted by atomic mass is 32.2. The zero-order valence-electron chi connectivity index (χ0n) is 7.96. The molecule has 0 spiro atoms. The van der Waals surface area contributed by atoms with Gasteiger partial charge in [-0.25, -0.2) is 4.98 Å². The Balaban J connectivity index is 2.28. The van der Waals surface area contributed by atoms with Crippen molar-refractivity contribution in [1.82, 2.24) is 4.98 Å². The maximum atomic E-state index is 10.8. The molecule has 0 saturated carbocycles. The molecule has 1 heterocycles. The lowest BCUT2D eigenvalue weighted by Gasteiger charge is -2.02. The van der Waals surface area contributed by atoms with Gasteiger partial charge < -0.3 is 0 Å². The third kappa shape index (κ3) is 2.44. The molecule has 1 aromatic carbocycles. The van der Waals surface area contributed by atoms with Crippen molar-refractivity contribution >= 4 is 18.0 Å². The molecule has 74 valence electrons. The molecule has 0 aliphatic carbocycles. The normalized spacial score (nSPS) is 9.87. The first-order valence-corrected chi connectivity index (χ1v) is 5.35. The van der Waals surface area contributed by atoms with Gasteiger partial charge in [-0.1, -0.05) is 30.0 Å². The topological polar surface area (TPSA) is 30.0 Å². The molecular formula is C12H9NOS. The van der Waals surface area contributed by atoms with Gasteiger partial charge in [-0.15, -0.1) is 0 Å². The summed E-state index contributed by atoms with van der Waals surface area (Å²) in [5.74, 6) is 0. The number of hydrogen-bond donors (Lipinski definition) is 0. The molecule has 3 heteroatoms. The summed E-state index contributed by atoms with van der Waals surface area (Å²) < 4.78 is 0. The molecule has 2 rings (SSSR count). The van der Waals surface area contributed by atoms with Gasteiger partial charge in [-0.3, -0.25) is 4.79 Å². The van der Waals surface area contributed by atoms with E-state index in [0.29, 0.717) is 5.56 Å². The van der Waals surface area contributed by atoms with Crippen molar-refractivity contribution in [1.29, 1.82) is 0 Å². The van der Waals surface area contributed by atoms with Crippen LogP contribution in [0.5, 0.6) is 0 Å². The zero-order chi connectivity index (χ0) is 10.5. The van der Waals surface area contributed by atoms with Crippen molar-refractivity contribution < 1.29 is 4.79 Å². The molecule has 0 fully saturated rings. The average Bonchev–Trinajstić information content (AvgIpc) is 2.31. The van der Waals surface area contributed by atoms with E-state index in [9.17, 15) is 4.79 Å². The Morgan fingerprint density at radius 3 is 2.60 bits per heavy atom. The Hall–Kier alpha value is -1.61. The van der Waals surface area contributed by atoms with Crippen molar-refractivity contribution in [3.63, 3.8) is 0 Å². The van der Waals surface area contributed by atoms with E-state index >= 15 is 0 Å². The number of benzene rings is 1. The number of aromatic nitrogens is 1. The highest BCUT2D eigenvalue weighted by Crippen LogP contribution is 2.27. The Morgan fingerprint density at radius 2 is 1.87 bits per heavy atom. The molecular weight excluding hydrogens is 206 g/mol. The first kappa shape index (κ1) is 9.93. The second-order valence-electron chi connectivity index (χ2n) is 2.93. The van der Waals surface area contributed by atoms with E-state index in [2.05, 4.69) is 4.98 Å². The van der Waals surface area contributed by atoms with Crippen LogP contribution in [-0.2, 0) is 0 Å². The monoisotopic (exact) mass is 215 g/mol. The van der Waals surface area contributed by atoms with Crippen molar-refractivity contribution in [2.45, 2.75) is 9.92 Å². The fourth-order valence-corrected chi connectivity index (χ4v) is 2.04. The van der Waals surface area contributed by atoms with E-state index in [1.54, 1.807) is 18.3 Å². The summed E-state index contributed by atoms with van der Waals surface area (Å²) in [4.78, 5) is 16.0. The number of hydrogen-bond acceptors (Lipinski definition) is 3. The van der Waals surface area contributed by atoms with Crippen LogP contribution in [0.15, 0.2) is 58.6 Å². The van der Waals surface area contributed by atoms with E-state index in [-0.39, 0.29) is 0 Å². The van der Waals surface area contributed by atoms with Gasteiger partial charge in [-0.05, 0) is 24.3 Å². The fourth-order valence-electron chi connectivity index (χ4n) is 1.18. The molecule has 15 heavy (non-hydrogen) atoms. The lowest BCUT2D eigenvalue weighted by atomic mass is 10.3. The summed E-state index contributed by atoms with van der Waals surface area (Å²) in [6, 6.07) is 13.4. The van der Waals surface area contributed by atoms with Crippen molar-refractivity contribution in [3.8, 4) is 0 Å². The smallest absolute Gasteiger partial charge is 0.152 e. The first-order valence-electron chi connectivity index (χ1n) is 4.53. The number of carbonyl (C=O) groups is 1. The summed E-state index contributed by atoms with van der Waals surface area (Å²) in [5, 5.41) is 0.749. The maximum Gasteiger partial charge on any atom is 0.152 e. The molecule has 0 N–H and O–H groups in total. The van der Waals surface area contributed by atoms with Crippen LogP contribution >= 0.6 is 11.8 Å². The predicted octanol–water partition coefficient (Wildman–Crippen LogP) is 3.05. The molecule has 0 aliphatic rings. The Morgan fingerprint density at radius 1 is 1.07 bits per heavy atom. The van der Waals surface area contributed by atoms with E-state index in [1.807, 2.05) is 30.3 Å². The molecule has 0 atom stereocenters. The predicted molar refractivity (Wildman–Crippen MR) is 60.2 cm³/mol. The van der Waals surface area contributed by atoms with Gasteiger partial charge >= 0.3 is 0 Å². The van der Waals surface area contributed by atoms with Crippen molar-refractivity contribution in [3.05, 3.63) is 54.2 Å². The molecule has 0 amide bonds. The van der Waals surface area contributed by atoms with Gasteiger partial charge in [-0.2, -0.15) is 0 Å². The summed E-state index contributed by atoms with van der Waals surface area (Å²) in [7, 11) is 0. The standard InChI is InChI=1S/C12H9NOS/c14-9-10-5-4-8-13-12(10)15-11-6-2-1-3-7-11/h1-9H. The van der Waals surface area contributed by atoms with Gasteiger partial charge in [0.05, 0.1) is 0 Å². The molecule has 0 unspecified atom stereocenters. The lowest BCUT2D eigenvalue weighted by Crippen LogP contribution is -1.87. The van der Waals surface area contributed by atoms with Crippen LogP contribution in [0.1, 0.15) is 10.4 Å². The molecule has 2 aromatic rings.